The summed E-state index contributed by atoms with van der Waals surface area (Å²) >= 11 is 1.62. The molecule has 0 saturated heterocycles. The van der Waals surface area contributed by atoms with Crippen molar-refractivity contribution < 1.29 is 23.8 Å². The molecule has 0 saturated carbocycles. The lowest BCUT2D eigenvalue weighted by Crippen LogP contribution is -2.34. The quantitative estimate of drug-likeness (QED) is 0.611. The smallest absolute Gasteiger partial charge is 0.339 e. The molecule has 1 amide bonds. The summed E-state index contributed by atoms with van der Waals surface area (Å²) < 4.78 is 15.9. The second kappa shape index (κ2) is 9.78. The molecule has 1 heterocycles. The SMILES string of the molecule is CCN(Cc1ccc(OC)c(OC)c1)C(=O)COC(=O)c1csc2c1CCCC2. The molecule has 0 radical (unpaired) electrons. The molecular weight excluding hydrogens is 390 g/mol. The molecule has 0 unspecified atom stereocenters. The van der Waals surface area contributed by atoms with Crippen LogP contribution in [-0.2, 0) is 28.9 Å². The van der Waals surface area contributed by atoms with E-state index in [2.05, 4.69) is 0 Å². The number of nitrogens with zero attached hydrogens (tertiary/aromatic N) is 1. The Hall–Kier alpha value is -2.54. The molecule has 0 atom stereocenters. The highest BCUT2D eigenvalue weighted by molar-refractivity contribution is 7.10. The van der Waals surface area contributed by atoms with Gasteiger partial charge in [-0.25, -0.2) is 4.79 Å². The number of hydrogen-bond acceptors (Lipinski definition) is 6. The monoisotopic (exact) mass is 417 g/mol. The van der Waals surface area contributed by atoms with Crippen LogP contribution in [-0.4, -0.2) is 44.1 Å². The molecule has 1 aliphatic carbocycles. The molecule has 0 aliphatic heterocycles. The van der Waals surface area contributed by atoms with Crippen molar-refractivity contribution in [2.75, 3.05) is 27.4 Å². The van der Waals surface area contributed by atoms with Crippen molar-refractivity contribution in [3.63, 3.8) is 0 Å². The largest absolute Gasteiger partial charge is 0.493 e. The van der Waals surface area contributed by atoms with Gasteiger partial charge in [-0.1, -0.05) is 6.07 Å². The van der Waals surface area contributed by atoms with E-state index < -0.39 is 5.97 Å². The van der Waals surface area contributed by atoms with Crippen LogP contribution in [0.5, 0.6) is 11.5 Å². The number of rotatable bonds is 8. The molecule has 0 spiro atoms. The summed E-state index contributed by atoms with van der Waals surface area (Å²) in [6.45, 7) is 2.56. The summed E-state index contributed by atoms with van der Waals surface area (Å²) in [7, 11) is 3.16. The van der Waals surface area contributed by atoms with E-state index in [1.165, 1.54) is 11.3 Å². The minimum atomic E-state index is -0.403. The third-order valence-electron chi connectivity index (χ3n) is 5.16. The van der Waals surface area contributed by atoms with Crippen LogP contribution in [0.2, 0.25) is 0 Å². The first kappa shape index (κ1) is 21.2. The summed E-state index contributed by atoms with van der Waals surface area (Å²) in [6, 6.07) is 5.55. The second-order valence-electron chi connectivity index (χ2n) is 6.93. The average molecular weight is 418 g/mol. The van der Waals surface area contributed by atoms with Crippen molar-refractivity contribution in [3.05, 3.63) is 45.1 Å². The molecule has 6 nitrogen and oxygen atoms in total. The normalized spacial score (nSPS) is 12.8. The van der Waals surface area contributed by atoms with Crippen LogP contribution >= 0.6 is 11.3 Å². The number of esters is 1. The standard InChI is InChI=1S/C22H27NO5S/c1-4-23(12-15-9-10-18(26-2)19(11-15)27-3)21(24)13-28-22(25)17-14-29-20-8-6-5-7-16(17)20/h9-11,14H,4-8,12-13H2,1-3H3. The number of amides is 1. The third-order valence-corrected chi connectivity index (χ3v) is 6.25. The van der Waals surface area contributed by atoms with Crippen molar-refractivity contribution >= 4 is 23.2 Å². The fraction of sp³-hybridized carbons (Fsp3) is 0.455. The molecule has 0 N–H and O–H groups in total. The van der Waals surface area contributed by atoms with Gasteiger partial charge < -0.3 is 19.1 Å². The first-order valence-electron chi connectivity index (χ1n) is 9.82. The molecule has 0 bridgehead atoms. The molecule has 1 aliphatic rings. The van der Waals surface area contributed by atoms with Gasteiger partial charge in [0.05, 0.1) is 19.8 Å². The van der Waals surface area contributed by atoms with Gasteiger partial charge in [0, 0.05) is 23.3 Å². The number of benzene rings is 1. The Kier molecular flexibility index (Phi) is 7.14. The number of carbonyl (C=O) groups is 2. The number of methoxy groups -OCH3 is 2. The number of thiophene rings is 1. The Morgan fingerprint density at radius 1 is 1.10 bits per heavy atom. The number of likely N-dealkylation sites (N-methyl/N-ethyl adjacent to an activating group) is 1. The van der Waals surface area contributed by atoms with Crippen LogP contribution in [0, 0.1) is 0 Å². The van der Waals surface area contributed by atoms with E-state index in [1.54, 1.807) is 30.5 Å². The van der Waals surface area contributed by atoms with Gasteiger partial charge in [0.1, 0.15) is 0 Å². The molecular formula is C22H27NO5S. The van der Waals surface area contributed by atoms with Crippen molar-refractivity contribution in [2.45, 2.75) is 39.2 Å². The Balaban J connectivity index is 1.60. The zero-order chi connectivity index (χ0) is 20.8. The number of fused-ring (bicyclic) bond motifs is 1. The molecule has 1 aromatic heterocycles. The van der Waals surface area contributed by atoms with Gasteiger partial charge in [-0.05, 0) is 55.9 Å². The van der Waals surface area contributed by atoms with Crippen LogP contribution in [0.25, 0.3) is 0 Å². The molecule has 2 aromatic rings. The summed E-state index contributed by atoms with van der Waals surface area (Å²) in [5.74, 6) is 0.625. The van der Waals surface area contributed by atoms with Crippen molar-refractivity contribution in [3.8, 4) is 11.5 Å². The predicted octanol–water partition coefficient (Wildman–Crippen LogP) is 3.85. The molecule has 0 fully saturated rings. The molecule has 1 aromatic carbocycles. The van der Waals surface area contributed by atoms with Gasteiger partial charge in [-0.3, -0.25) is 4.79 Å². The maximum Gasteiger partial charge on any atom is 0.339 e. The van der Waals surface area contributed by atoms with Crippen LogP contribution in [0.4, 0.5) is 0 Å². The number of ether oxygens (including phenoxy) is 3. The fourth-order valence-electron chi connectivity index (χ4n) is 3.54. The zero-order valence-electron chi connectivity index (χ0n) is 17.2. The van der Waals surface area contributed by atoms with Crippen molar-refractivity contribution in [1.29, 1.82) is 0 Å². The maximum absolute atomic E-state index is 12.6. The summed E-state index contributed by atoms with van der Waals surface area (Å²) in [4.78, 5) is 28.0. The minimum Gasteiger partial charge on any atom is -0.493 e. The Bertz CT molecular complexity index is 876. The van der Waals surface area contributed by atoms with Gasteiger partial charge in [0.25, 0.3) is 5.91 Å². The van der Waals surface area contributed by atoms with E-state index in [9.17, 15) is 9.59 Å². The maximum atomic E-state index is 12.6. The topological polar surface area (TPSA) is 65.1 Å². The minimum absolute atomic E-state index is 0.222. The first-order valence-corrected chi connectivity index (χ1v) is 10.7. The van der Waals surface area contributed by atoms with E-state index in [1.807, 2.05) is 30.5 Å². The highest BCUT2D eigenvalue weighted by Crippen LogP contribution is 2.31. The Labute approximate surface area is 175 Å². The van der Waals surface area contributed by atoms with E-state index in [0.29, 0.717) is 30.2 Å². The number of carbonyl (C=O) groups excluding carboxylic acids is 2. The van der Waals surface area contributed by atoms with Crippen LogP contribution in [0.15, 0.2) is 23.6 Å². The lowest BCUT2D eigenvalue weighted by atomic mass is 9.96. The van der Waals surface area contributed by atoms with Crippen molar-refractivity contribution in [2.24, 2.45) is 0 Å². The first-order chi connectivity index (χ1) is 14.1. The molecule has 3 rings (SSSR count). The van der Waals surface area contributed by atoms with Crippen molar-refractivity contribution in [1.82, 2.24) is 4.90 Å². The number of hydrogen-bond donors (Lipinski definition) is 0. The molecule has 29 heavy (non-hydrogen) atoms. The predicted molar refractivity (Wildman–Crippen MR) is 112 cm³/mol. The van der Waals surface area contributed by atoms with Gasteiger partial charge in [0.15, 0.2) is 18.1 Å². The fourth-order valence-corrected chi connectivity index (χ4v) is 4.65. The van der Waals surface area contributed by atoms with E-state index in [4.69, 9.17) is 14.2 Å². The van der Waals surface area contributed by atoms with Gasteiger partial charge >= 0.3 is 5.97 Å². The van der Waals surface area contributed by atoms with Crippen LogP contribution in [0.1, 0.15) is 46.1 Å². The van der Waals surface area contributed by atoms with Crippen LogP contribution < -0.4 is 9.47 Å². The Morgan fingerprint density at radius 3 is 2.59 bits per heavy atom. The third kappa shape index (κ3) is 4.90. The molecule has 156 valence electrons. The highest BCUT2D eigenvalue weighted by atomic mass is 32.1. The van der Waals surface area contributed by atoms with Gasteiger partial charge in [0.2, 0.25) is 0 Å². The lowest BCUT2D eigenvalue weighted by molar-refractivity contribution is -0.134. The van der Waals surface area contributed by atoms with Gasteiger partial charge in [-0.2, -0.15) is 0 Å². The van der Waals surface area contributed by atoms with E-state index in [0.717, 1.165) is 30.4 Å². The van der Waals surface area contributed by atoms with E-state index in [-0.39, 0.29) is 12.5 Å². The summed E-state index contributed by atoms with van der Waals surface area (Å²) in [6.07, 6.45) is 4.21. The van der Waals surface area contributed by atoms with Crippen LogP contribution in [0.3, 0.4) is 0 Å². The van der Waals surface area contributed by atoms with E-state index >= 15 is 0 Å². The average Bonchev–Trinajstić information content (AvgIpc) is 3.19. The second-order valence-corrected chi connectivity index (χ2v) is 7.90. The summed E-state index contributed by atoms with van der Waals surface area (Å²) in [5, 5.41) is 1.87. The summed E-state index contributed by atoms with van der Waals surface area (Å²) in [5.41, 5.74) is 2.65. The zero-order valence-corrected chi connectivity index (χ0v) is 18.0. The Morgan fingerprint density at radius 2 is 1.86 bits per heavy atom. The highest BCUT2D eigenvalue weighted by Gasteiger charge is 2.22. The number of aryl methyl sites for hydroxylation is 1. The lowest BCUT2D eigenvalue weighted by Gasteiger charge is -2.21. The molecule has 7 heteroatoms. The van der Waals surface area contributed by atoms with Gasteiger partial charge in [-0.15, -0.1) is 11.3 Å².